The summed E-state index contributed by atoms with van der Waals surface area (Å²) in [5.74, 6) is -1.05. The highest BCUT2D eigenvalue weighted by atomic mass is 127. The zero-order chi connectivity index (χ0) is 10.2. The molecule has 0 N–H and O–H groups in total. The highest BCUT2D eigenvalue weighted by molar-refractivity contribution is 14.1. The Morgan fingerprint density at radius 2 is 1.77 bits per heavy atom. The molecule has 13 heavy (non-hydrogen) atoms. The minimum atomic E-state index is -4.61. The van der Waals surface area contributed by atoms with Crippen molar-refractivity contribution >= 4 is 34.2 Å². The number of halogens is 6. The van der Waals surface area contributed by atoms with Crippen molar-refractivity contribution in [1.29, 1.82) is 0 Å². The summed E-state index contributed by atoms with van der Waals surface area (Å²) < 4.78 is 49.4. The minimum Gasteiger partial charge on any atom is -0.205 e. The Morgan fingerprint density at radius 3 is 2.23 bits per heavy atom. The summed E-state index contributed by atoms with van der Waals surface area (Å²) >= 11 is 6.74. The lowest BCUT2D eigenvalue weighted by Crippen LogP contribution is -2.07. The molecule has 0 aromatic heterocycles. The topological polar surface area (TPSA) is 0 Å². The molecule has 0 aliphatic carbocycles. The molecule has 0 bridgehead atoms. The van der Waals surface area contributed by atoms with E-state index >= 15 is 0 Å². The van der Waals surface area contributed by atoms with E-state index in [0.717, 1.165) is 12.1 Å². The van der Waals surface area contributed by atoms with Gasteiger partial charge in [-0.2, -0.15) is 13.2 Å². The predicted octanol–water partition coefficient (Wildman–Crippen LogP) is 4.10. The Balaban J connectivity index is 3.37. The average molecular weight is 324 g/mol. The molecule has 0 unspecified atom stereocenters. The van der Waals surface area contributed by atoms with Crippen molar-refractivity contribution in [3.63, 3.8) is 0 Å². The number of hydrogen-bond donors (Lipinski definition) is 0. The first-order valence-corrected chi connectivity index (χ1v) is 4.50. The largest absolute Gasteiger partial charge is 0.417 e. The molecule has 0 atom stereocenters. The maximum atomic E-state index is 12.7. The van der Waals surface area contributed by atoms with Crippen LogP contribution in [0.15, 0.2) is 12.1 Å². The Kier molecular flexibility index (Phi) is 3.06. The fourth-order valence-corrected chi connectivity index (χ4v) is 1.56. The molecule has 0 saturated carbocycles. The number of benzene rings is 1. The van der Waals surface area contributed by atoms with E-state index in [9.17, 15) is 17.6 Å². The van der Waals surface area contributed by atoms with Crippen LogP contribution in [0, 0.1) is 9.39 Å². The summed E-state index contributed by atoms with van der Waals surface area (Å²) in [5, 5.41) is -0.882. The van der Waals surface area contributed by atoms with Gasteiger partial charge in [0.15, 0.2) is 0 Å². The van der Waals surface area contributed by atoms with Crippen molar-refractivity contribution in [3.8, 4) is 0 Å². The van der Waals surface area contributed by atoms with E-state index in [-0.39, 0.29) is 3.57 Å². The molecular weight excluding hydrogens is 322 g/mol. The van der Waals surface area contributed by atoms with Gasteiger partial charge in [-0.15, -0.1) is 0 Å². The molecule has 1 rings (SSSR count). The van der Waals surface area contributed by atoms with Gasteiger partial charge in [-0.1, -0.05) is 11.6 Å². The number of alkyl halides is 3. The minimum absolute atomic E-state index is 0.159. The molecule has 0 heterocycles. The third kappa shape index (κ3) is 2.46. The van der Waals surface area contributed by atoms with Gasteiger partial charge >= 0.3 is 6.18 Å². The molecule has 0 nitrogen and oxygen atoms in total. The first-order valence-electron chi connectivity index (χ1n) is 3.04. The highest BCUT2D eigenvalue weighted by Crippen LogP contribution is 2.36. The molecule has 72 valence electrons. The van der Waals surface area contributed by atoms with E-state index in [2.05, 4.69) is 0 Å². The van der Waals surface area contributed by atoms with Crippen LogP contribution in [0.4, 0.5) is 17.6 Å². The standard InChI is InChI=1S/C7H2ClF4I/c8-6-4(7(10,11)12)1-3(13)2-5(6)9/h1-2H. The maximum absolute atomic E-state index is 12.7. The van der Waals surface area contributed by atoms with E-state index in [1.165, 1.54) is 0 Å². The molecule has 1 aromatic carbocycles. The van der Waals surface area contributed by atoms with Crippen molar-refractivity contribution in [3.05, 3.63) is 32.1 Å². The summed E-state index contributed by atoms with van der Waals surface area (Å²) in [6.07, 6.45) is -4.61. The summed E-state index contributed by atoms with van der Waals surface area (Å²) in [6, 6.07) is 1.74. The Morgan fingerprint density at radius 1 is 1.23 bits per heavy atom. The first kappa shape index (κ1) is 11.0. The highest BCUT2D eigenvalue weighted by Gasteiger charge is 2.34. The van der Waals surface area contributed by atoms with Crippen molar-refractivity contribution in [2.24, 2.45) is 0 Å². The van der Waals surface area contributed by atoms with Crippen LogP contribution in [0.1, 0.15) is 5.56 Å². The molecule has 0 spiro atoms. The van der Waals surface area contributed by atoms with Gasteiger partial charge in [0.05, 0.1) is 10.6 Å². The summed E-state index contributed by atoms with van der Waals surface area (Å²) in [5.41, 5.74) is -1.14. The fourth-order valence-electron chi connectivity index (χ4n) is 0.762. The molecule has 0 aliphatic rings. The van der Waals surface area contributed by atoms with Crippen LogP contribution in [0.25, 0.3) is 0 Å². The summed E-state index contributed by atoms with van der Waals surface area (Å²) in [6.45, 7) is 0. The lowest BCUT2D eigenvalue weighted by molar-refractivity contribution is -0.137. The van der Waals surface area contributed by atoms with Crippen LogP contribution in [-0.2, 0) is 6.18 Å². The Bertz CT molecular complexity index is 334. The van der Waals surface area contributed by atoms with E-state index in [0.29, 0.717) is 0 Å². The van der Waals surface area contributed by atoms with Crippen LogP contribution in [0.2, 0.25) is 5.02 Å². The van der Waals surface area contributed by atoms with Gasteiger partial charge in [0.25, 0.3) is 0 Å². The monoisotopic (exact) mass is 324 g/mol. The van der Waals surface area contributed by atoms with E-state index in [4.69, 9.17) is 11.6 Å². The van der Waals surface area contributed by atoms with Gasteiger partial charge in [-0.05, 0) is 34.7 Å². The quantitative estimate of drug-likeness (QED) is 0.383. The van der Waals surface area contributed by atoms with Gasteiger partial charge in [0.1, 0.15) is 5.82 Å². The molecule has 0 amide bonds. The second-order valence-corrected chi connectivity index (χ2v) is 3.87. The third-order valence-electron chi connectivity index (χ3n) is 1.30. The van der Waals surface area contributed by atoms with Crippen molar-refractivity contribution in [2.75, 3.05) is 0 Å². The molecule has 1 aromatic rings. The molecule has 0 saturated heterocycles. The number of hydrogen-bond acceptors (Lipinski definition) is 0. The van der Waals surface area contributed by atoms with Crippen LogP contribution < -0.4 is 0 Å². The average Bonchev–Trinajstić information content (AvgIpc) is 1.94. The van der Waals surface area contributed by atoms with Gasteiger partial charge in [0, 0.05) is 3.57 Å². The second kappa shape index (κ2) is 3.61. The Labute approximate surface area is 90.0 Å². The maximum Gasteiger partial charge on any atom is 0.417 e. The van der Waals surface area contributed by atoms with Crippen molar-refractivity contribution in [1.82, 2.24) is 0 Å². The van der Waals surface area contributed by atoms with Gasteiger partial charge in [0.2, 0.25) is 0 Å². The predicted molar refractivity (Wildman–Crippen MR) is 49.1 cm³/mol. The number of rotatable bonds is 0. The van der Waals surface area contributed by atoms with Crippen LogP contribution >= 0.6 is 34.2 Å². The normalized spacial score (nSPS) is 11.8. The summed E-state index contributed by atoms with van der Waals surface area (Å²) in [7, 11) is 0. The SMILES string of the molecule is Fc1cc(I)cc(C(F)(F)F)c1Cl. The fraction of sp³-hybridized carbons (Fsp3) is 0.143. The summed E-state index contributed by atoms with van der Waals surface area (Å²) in [4.78, 5) is 0. The van der Waals surface area contributed by atoms with Crippen molar-refractivity contribution in [2.45, 2.75) is 6.18 Å². The van der Waals surface area contributed by atoms with Crippen molar-refractivity contribution < 1.29 is 17.6 Å². The lowest BCUT2D eigenvalue weighted by atomic mass is 10.2. The molecule has 0 radical (unpaired) electrons. The first-order chi connectivity index (χ1) is 5.82. The molecule has 0 aliphatic heterocycles. The third-order valence-corrected chi connectivity index (χ3v) is 2.31. The van der Waals surface area contributed by atoms with E-state index < -0.39 is 22.6 Å². The van der Waals surface area contributed by atoms with Crippen LogP contribution in [0.5, 0.6) is 0 Å². The molecule has 6 heteroatoms. The zero-order valence-electron chi connectivity index (χ0n) is 5.92. The smallest absolute Gasteiger partial charge is 0.205 e. The van der Waals surface area contributed by atoms with Gasteiger partial charge in [-0.25, -0.2) is 4.39 Å². The second-order valence-electron chi connectivity index (χ2n) is 2.25. The molecule has 0 fully saturated rings. The zero-order valence-corrected chi connectivity index (χ0v) is 8.84. The Hall–Kier alpha value is -0.0400. The van der Waals surface area contributed by atoms with E-state index in [1.807, 2.05) is 0 Å². The van der Waals surface area contributed by atoms with Crippen LogP contribution in [0.3, 0.4) is 0 Å². The van der Waals surface area contributed by atoms with Gasteiger partial charge < -0.3 is 0 Å². The van der Waals surface area contributed by atoms with E-state index in [1.54, 1.807) is 22.6 Å². The molecular formula is C7H2ClF4I. The lowest BCUT2D eigenvalue weighted by Gasteiger charge is -2.09. The van der Waals surface area contributed by atoms with Gasteiger partial charge in [-0.3, -0.25) is 0 Å². The van der Waals surface area contributed by atoms with Crippen LogP contribution in [-0.4, -0.2) is 0 Å².